The highest BCUT2D eigenvalue weighted by Gasteiger charge is 2.32. The smallest absolute Gasteiger partial charge is 0.254 e. The average molecular weight is 494 g/mol. The van der Waals surface area contributed by atoms with Gasteiger partial charge in [-0.1, -0.05) is 23.7 Å². The van der Waals surface area contributed by atoms with Crippen molar-refractivity contribution >= 4 is 17.5 Å². The first-order chi connectivity index (χ1) is 16.8. The Kier molecular flexibility index (Phi) is 7.86. The van der Waals surface area contributed by atoms with Gasteiger partial charge in [-0.2, -0.15) is 0 Å². The number of ether oxygens (including phenoxy) is 3. The number of amides is 1. The first kappa shape index (κ1) is 24.9. The van der Waals surface area contributed by atoms with E-state index in [0.717, 1.165) is 29.2 Å². The number of hydrogen-bond donors (Lipinski definition) is 0. The highest BCUT2D eigenvalue weighted by atomic mass is 35.5. The van der Waals surface area contributed by atoms with Crippen LogP contribution in [0.1, 0.15) is 55.2 Å². The predicted molar refractivity (Wildman–Crippen MR) is 139 cm³/mol. The van der Waals surface area contributed by atoms with E-state index in [1.807, 2.05) is 62.9 Å². The predicted octanol–water partition coefficient (Wildman–Crippen LogP) is 6.73. The molecular weight excluding hydrogens is 462 g/mol. The van der Waals surface area contributed by atoms with Crippen LogP contribution in [0.25, 0.3) is 0 Å². The Hall–Kier alpha value is -3.18. The van der Waals surface area contributed by atoms with Crippen molar-refractivity contribution in [3.05, 3.63) is 88.4 Å². The molecule has 35 heavy (non-hydrogen) atoms. The lowest BCUT2D eigenvalue weighted by Crippen LogP contribution is -2.42. The van der Waals surface area contributed by atoms with Gasteiger partial charge in [0, 0.05) is 17.1 Å². The summed E-state index contributed by atoms with van der Waals surface area (Å²) >= 11 is 6.17. The molecule has 1 amide bonds. The van der Waals surface area contributed by atoms with Gasteiger partial charge in [-0.3, -0.25) is 4.79 Å². The highest BCUT2D eigenvalue weighted by molar-refractivity contribution is 6.30. The molecule has 3 aromatic rings. The van der Waals surface area contributed by atoms with Crippen molar-refractivity contribution in [2.24, 2.45) is 0 Å². The standard InChI is InChI=1S/C29H32ClNO4/c1-19(2)34-25-10-8-24(9-11-25)33-18-28-27-13-12-26(35-20(3)4)17-21(27)14-15-31(28)29(32)22-6-5-7-23(30)16-22/h5-13,16-17,19-20,28H,14-15,18H2,1-4H3. The van der Waals surface area contributed by atoms with Crippen LogP contribution in [-0.4, -0.2) is 36.2 Å². The molecule has 6 heteroatoms. The topological polar surface area (TPSA) is 48.0 Å². The Labute approximate surface area is 212 Å². The molecule has 0 radical (unpaired) electrons. The van der Waals surface area contributed by atoms with Gasteiger partial charge in [0.15, 0.2) is 0 Å². The summed E-state index contributed by atoms with van der Waals surface area (Å²) in [4.78, 5) is 15.4. The molecule has 0 aromatic heterocycles. The summed E-state index contributed by atoms with van der Waals surface area (Å²) in [5.74, 6) is 2.30. The second-order valence-corrected chi connectivity index (χ2v) is 9.69. The van der Waals surface area contributed by atoms with Gasteiger partial charge in [-0.05, 0) is 99.8 Å². The van der Waals surface area contributed by atoms with Gasteiger partial charge in [-0.15, -0.1) is 0 Å². The number of carbonyl (C=O) groups excluding carboxylic acids is 1. The Morgan fingerprint density at radius 3 is 2.26 bits per heavy atom. The lowest BCUT2D eigenvalue weighted by atomic mass is 9.92. The lowest BCUT2D eigenvalue weighted by Gasteiger charge is -2.37. The van der Waals surface area contributed by atoms with E-state index in [2.05, 4.69) is 12.1 Å². The van der Waals surface area contributed by atoms with E-state index in [1.54, 1.807) is 24.3 Å². The third kappa shape index (κ3) is 6.29. The van der Waals surface area contributed by atoms with Gasteiger partial charge < -0.3 is 19.1 Å². The van der Waals surface area contributed by atoms with Crippen LogP contribution in [0.4, 0.5) is 0 Å². The molecule has 4 rings (SSSR count). The summed E-state index contributed by atoms with van der Waals surface area (Å²) in [7, 11) is 0. The zero-order valence-corrected chi connectivity index (χ0v) is 21.4. The largest absolute Gasteiger partial charge is 0.491 e. The number of hydrogen-bond acceptors (Lipinski definition) is 4. The van der Waals surface area contributed by atoms with Crippen LogP contribution in [0.5, 0.6) is 17.2 Å². The quantitative estimate of drug-likeness (QED) is 0.349. The van der Waals surface area contributed by atoms with E-state index in [4.69, 9.17) is 25.8 Å². The monoisotopic (exact) mass is 493 g/mol. The summed E-state index contributed by atoms with van der Waals surface area (Å²) in [6.45, 7) is 8.92. The molecule has 1 heterocycles. The van der Waals surface area contributed by atoms with Crippen molar-refractivity contribution in [2.75, 3.05) is 13.2 Å². The van der Waals surface area contributed by atoms with E-state index < -0.39 is 0 Å². The third-order valence-electron chi connectivity index (χ3n) is 5.78. The first-order valence-corrected chi connectivity index (χ1v) is 12.4. The summed E-state index contributed by atoms with van der Waals surface area (Å²) in [6.07, 6.45) is 0.949. The first-order valence-electron chi connectivity index (χ1n) is 12.1. The SMILES string of the molecule is CC(C)Oc1ccc(OCC2c3ccc(OC(C)C)cc3CCN2C(=O)c2cccc(Cl)c2)cc1. The Morgan fingerprint density at radius 1 is 0.914 bits per heavy atom. The Morgan fingerprint density at radius 2 is 1.57 bits per heavy atom. The molecule has 5 nitrogen and oxygen atoms in total. The molecule has 0 bridgehead atoms. The number of fused-ring (bicyclic) bond motifs is 1. The van der Waals surface area contributed by atoms with E-state index in [-0.39, 0.29) is 24.2 Å². The fourth-order valence-electron chi connectivity index (χ4n) is 4.31. The van der Waals surface area contributed by atoms with Crippen molar-refractivity contribution in [3.8, 4) is 17.2 Å². The van der Waals surface area contributed by atoms with Crippen molar-refractivity contribution in [3.63, 3.8) is 0 Å². The second-order valence-electron chi connectivity index (χ2n) is 9.25. The van der Waals surface area contributed by atoms with Gasteiger partial charge in [0.2, 0.25) is 0 Å². The lowest BCUT2D eigenvalue weighted by molar-refractivity contribution is 0.0589. The maximum atomic E-state index is 13.5. The summed E-state index contributed by atoms with van der Waals surface area (Å²) in [5.41, 5.74) is 2.82. The molecule has 1 aliphatic heterocycles. The average Bonchev–Trinajstić information content (AvgIpc) is 2.82. The van der Waals surface area contributed by atoms with Gasteiger partial charge in [0.1, 0.15) is 23.9 Å². The molecule has 0 aliphatic carbocycles. The van der Waals surface area contributed by atoms with Gasteiger partial charge in [-0.25, -0.2) is 0 Å². The highest BCUT2D eigenvalue weighted by Crippen LogP contribution is 2.34. The fourth-order valence-corrected chi connectivity index (χ4v) is 4.50. The van der Waals surface area contributed by atoms with Gasteiger partial charge in [0.25, 0.3) is 5.91 Å². The summed E-state index contributed by atoms with van der Waals surface area (Å²) in [5, 5.41) is 0.542. The molecule has 0 saturated heterocycles. The van der Waals surface area contributed by atoms with Crippen LogP contribution in [0.3, 0.4) is 0 Å². The van der Waals surface area contributed by atoms with Crippen molar-refractivity contribution < 1.29 is 19.0 Å². The zero-order valence-electron chi connectivity index (χ0n) is 20.7. The minimum atomic E-state index is -0.245. The van der Waals surface area contributed by atoms with Gasteiger partial charge in [0.05, 0.1) is 18.2 Å². The molecule has 0 fully saturated rings. The maximum absolute atomic E-state index is 13.5. The number of nitrogens with zero attached hydrogens (tertiary/aromatic N) is 1. The van der Waals surface area contributed by atoms with Crippen LogP contribution in [0.15, 0.2) is 66.7 Å². The fraction of sp³-hybridized carbons (Fsp3) is 0.345. The number of benzene rings is 3. The van der Waals surface area contributed by atoms with Crippen LogP contribution in [0, 0.1) is 0 Å². The molecule has 1 aliphatic rings. The van der Waals surface area contributed by atoms with Gasteiger partial charge >= 0.3 is 0 Å². The van der Waals surface area contributed by atoms with Crippen LogP contribution >= 0.6 is 11.6 Å². The normalized spacial score (nSPS) is 15.2. The summed E-state index contributed by atoms with van der Waals surface area (Å²) in [6, 6.07) is 20.5. The zero-order chi connectivity index (χ0) is 24.9. The van der Waals surface area contributed by atoms with Crippen LogP contribution in [0.2, 0.25) is 5.02 Å². The second kappa shape index (κ2) is 11.0. The molecule has 184 valence electrons. The molecule has 0 spiro atoms. The minimum absolute atomic E-state index is 0.0602. The van der Waals surface area contributed by atoms with Crippen molar-refractivity contribution in [1.82, 2.24) is 4.90 Å². The van der Waals surface area contributed by atoms with E-state index >= 15 is 0 Å². The molecule has 1 atom stereocenters. The molecule has 0 N–H and O–H groups in total. The number of carbonyl (C=O) groups is 1. The Balaban J connectivity index is 1.59. The van der Waals surface area contributed by atoms with Crippen LogP contribution in [-0.2, 0) is 6.42 Å². The van der Waals surface area contributed by atoms with Crippen LogP contribution < -0.4 is 14.2 Å². The summed E-state index contributed by atoms with van der Waals surface area (Å²) < 4.78 is 17.8. The van der Waals surface area contributed by atoms with E-state index in [9.17, 15) is 4.79 Å². The van der Waals surface area contributed by atoms with Crippen molar-refractivity contribution in [2.45, 2.75) is 52.4 Å². The Bertz CT molecular complexity index is 1160. The van der Waals surface area contributed by atoms with E-state index in [0.29, 0.717) is 23.7 Å². The molecular formula is C29H32ClNO4. The molecule has 0 saturated carbocycles. The van der Waals surface area contributed by atoms with Crippen molar-refractivity contribution in [1.29, 1.82) is 0 Å². The maximum Gasteiger partial charge on any atom is 0.254 e. The third-order valence-corrected chi connectivity index (χ3v) is 6.01. The number of halogens is 1. The van der Waals surface area contributed by atoms with E-state index in [1.165, 1.54) is 5.56 Å². The molecule has 3 aromatic carbocycles. The number of rotatable bonds is 8. The molecule has 1 unspecified atom stereocenters. The minimum Gasteiger partial charge on any atom is -0.491 e.